The van der Waals surface area contributed by atoms with Gasteiger partial charge in [-0.15, -0.1) is 0 Å². The van der Waals surface area contributed by atoms with Crippen LogP contribution in [0.15, 0.2) is 47.5 Å². The standard InChI is InChI=1S/C19H17ClF3N3O3/c1-26-16(27)19(25-18(26)24,11-3-2-4-13(9-11)28-8-7-21)12-5-6-15(14(20)10-12)29-17(22)23/h2-6,9-10,17H,7-8H2,1H3,(H2,24,25). The zero-order valence-corrected chi connectivity index (χ0v) is 16.0. The molecule has 0 spiro atoms. The molecular weight excluding hydrogens is 411 g/mol. The SMILES string of the molecule is CN1C(=O)C(c2cccc(OCCF)c2)(c2ccc(OC(F)F)c(Cl)c2)N=C1N. The number of aliphatic imine (C=N–C) groups is 1. The van der Waals surface area contributed by atoms with Crippen molar-refractivity contribution < 1.29 is 27.4 Å². The lowest BCUT2D eigenvalue weighted by Gasteiger charge is -2.27. The van der Waals surface area contributed by atoms with E-state index in [1.807, 2.05) is 0 Å². The maximum atomic E-state index is 13.2. The lowest BCUT2D eigenvalue weighted by atomic mass is 9.82. The Labute approximate surface area is 169 Å². The molecule has 0 radical (unpaired) electrons. The minimum absolute atomic E-state index is 0.0332. The van der Waals surface area contributed by atoms with Gasteiger partial charge in [0.2, 0.25) is 0 Å². The second kappa shape index (κ2) is 8.20. The molecule has 6 nitrogen and oxygen atoms in total. The number of likely N-dealkylation sites (N-methyl/N-ethyl adjacent to an activating group) is 1. The van der Waals surface area contributed by atoms with Crippen molar-refractivity contribution in [3.8, 4) is 11.5 Å². The number of rotatable bonds is 7. The Bertz CT molecular complexity index is 957. The quantitative estimate of drug-likeness (QED) is 0.735. The summed E-state index contributed by atoms with van der Waals surface area (Å²) in [6, 6.07) is 10.4. The minimum atomic E-state index is -3.05. The average molecular weight is 428 g/mol. The van der Waals surface area contributed by atoms with Gasteiger partial charge >= 0.3 is 6.61 Å². The van der Waals surface area contributed by atoms with E-state index >= 15 is 0 Å². The van der Waals surface area contributed by atoms with Gasteiger partial charge in [0.1, 0.15) is 24.8 Å². The number of benzene rings is 2. The lowest BCUT2D eigenvalue weighted by molar-refractivity contribution is -0.129. The Morgan fingerprint density at radius 1 is 1.24 bits per heavy atom. The van der Waals surface area contributed by atoms with Crippen molar-refractivity contribution in [2.75, 3.05) is 20.3 Å². The minimum Gasteiger partial charge on any atom is -0.491 e. The van der Waals surface area contributed by atoms with Gasteiger partial charge in [0.15, 0.2) is 11.5 Å². The van der Waals surface area contributed by atoms with Crippen LogP contribution < -0.4 is 15.2 Å². The lowest BCUT2D eigenvalue weighted by Crippen LogP contribution is -2.41. The highest BCUT2D eigenvalue weighted by molar-refractivity contribution is 6.32. The van der Waals surface area contributed by atoms with Crippen LogP contribution in [-0.4, -0.2) is 43.7 Å². The fraction of sp³-hybridized carbons (Fsp3) is 0.263. The van der Waals surface area contributed by atoms with Crippen LogP contribution in [0.1, 0.15) is 11.1 Å². The molecule has 1 heterocycles. The topological polar surface area (TPSA) is 77.2 Å². The molecule has 1 unspecified atom stereocenters. The number of halogens is 4. The summed E-state index contributed by atoms with van der Waals surface area (Å²) < 4.78 is 47.2. The van der Waals surface area contributed by atoms with E-state index in [-0.39, 0.29) is 23.3 Å². The van der Waals surface area contributed by atoms with Gasteiger partial charge in [-0.1, -0.05) is 29.8 Å². The van der Waals surface area contributed by atoms with Gasteiger partial charge in [0.25, 0.3) is 5.91 Å². The Morgan fingerprint density at radius 3 is 2.55 bits per heavy atom. The van der Waals surface area contributed by atoms with Crippen LogP contribution in [0.2, 0.25) is 5.02 Å². The normalized spacial score (nSPS) is 18.9. The third-order valence-electron chi connectivity index (χ3n) is 4.40. The number of amides is 1. The molecule has 10 heteroatoms. The summed E-state index contributed by atoms with van der Waals surface area (Å²) in [5.41, 5.74) is 4.97. The highest BCUT2D eigenvalue weighted by Gasteiger charge is 2.49. The van der Waals surface area contributed by atoms with Crippen molar-refractivity contribution in [3.63, 3.8) is 0 Å². The summed E-state index contributed by atoms with van der Waals surface area (Å²) in [5.74, 6) is -0.416. The van der Waals surface area contributed by atoms with Crippen LogP contribution in [0, 0.1) is 0 Å². The fourth-order valence-electron chi connectivity index (χ4n) is 3.07. The summed E-state index contributed by atoms with van der Waals surface area (Å²) in [6.07, 6.45) is 0. The zero-order chi connectivity index (χ0) is 21.2. The van der Waals surface area contributed by atoms with Crippen LogP contribution in [0.5, 0.6) is 11.5 Å². The van der Waals surface area contributed by atoms with Crippen LogP contribution in [0.25, 0.3) is 0 Å². The van der Waals surface area contributed by atoms with Crippen LogP contribution in [-0.2, 0) is 10.3 Å². The summed E-state index contributed by atoms with van der Waals surface area (Å²) in [6.45, 7) is -3.88. The first kappa shape index (κ1) is 20.8. The summed E-state index contributed by atoms with van der Waals surface area (Å²) in [5, 5.41) is -0.122. The van der Waals surface area contributed by atoms with E-state index in [0.29, 0.717) is 16.9 Å². The third-order valence-corrected chi connectivity index (χ3v) is 4.70. The molecule has 0 aromatic heterocycles. The van der Waals surface area contributed by atoms with E-state index in [4.69, 9.17) is 22.1 Å². The maximum absolute atomic E-state index is 13.2. The summed E-state index contributed by atoms with van der Waals surface area (Å²) >= 11 is 6.09. The zero-order valence-electron chi connectivity index (χ0n) is 15.2. The van der Waals surface area contributed by atoms with Crippen molar-refractivity contribution in [1.82, 2.24) is 4.90 Å². The Kier molecular flexibility index (Phi) is 5.88. The Hall–Kier alpha value is -2.94. The van der Waals surface area contributed by atoms with Crippen LogP contribution in [0.4, 0.5) is 13.2 Å². The molecule has 3 rings (SSSR count). The van der Waals surface area contributed by atoms with E-state index < -0.39 is 24.7 Å². The summed E-state index contributed by atoms with van der Waals surface area (Å²) in [7, 11) is 1.46. The Balaban J connectivity index is 2.15. The van der Waals surface area contributed by atoms with E-state index in [1.54, 1.807) is 24.3 Å². The van der Waals surface area contributed by atoms with E-state index in [0.717, 1.165) is 0 Å². The van der Waals surface area contributed by atoms with Crippen molar-refractivity contribution in [1.29, 1.82) is 0 Å². The van der Waals surface area contributed by atoms with Gasteiger partial charge in [-0.3, -0.25) is 9.69 Å². The van der Waals surface area contributed by atoms with Crippen molar-refractivity contribution in [2.45, 2.75) is 12.2 Å². The molecule has 1 aliphatic rings. The predicted octanol–water partition coefficient (Wildman–Crippen LogP) is 3.32. The van der Waals surface area contributed by atoms with Crippen molar-refractivity contribution in [3.05, 3.63) is 58.6 Å². The first-order valence-corrected chi connectivity index (χ1v) is 8.85. The smallest absolute Gasteiger partial charge is 0.387 e. The van der Waals surface area contributed by atoms with Crippen LogP contribution >= 0.6 is 11.6 Å². The number of alkyl halides is 3. The molecule has 1 amide bonds. The fourth-order valence-corrected chi connectivity index (χ4v) is 3.29. The summed E-state index contributed by atoms with van der Waals surface area (Å²) in [4.78, 5) is 18.7. The number of hydrogen-bond donors (Lipinski definition) is 1. The molecule has 2 N–H and O–H groups in total. The second-order valence-electron chi connectivity index (χ2n) is 6.13. The highest BCUT2D eigenvalue weighted by Crippen LogP contribution is 2.42. The molecule has 0 aliphatic carbocycles. The van der Waals surface area contributed by atoms with E-state index in [9.17, 15) is 18.0 Å². The molecule has 1 aliphatic heterocycles. The first-order chi connectivity index (χ1) is 13.8. The maximum Gasteiger partial charge on any atom is 0.387 e. The Morgan fingerprint density at radius 2 is 1.97 bits per heavy atom. The largest absolute Gasteiger partial charge is 0.491 e. The molecule has 0 bridgehead atoms. The van der Waals surface area contributed by atoms with Gasteiger partial charge in [-0.05, 0) is 35.4 Å². The second-order valence-corrected chi connectivity index (χ2v) is 6.54. The number of nitrogens with two attached hydrogens (primary N) is 1. The van der Waals surface area contributed by atoms with Gasteiger partial charge in [0, 0.05) is 7.05 Å². The molecular formula is C19H17ClF3N3O3. The highest BCUT2D eigenvalue weighted by atomic mass is 35.5. The van der Waals surface area contributed by atoms with Gasteiger partial charge in [-0.25, -0.2) is 9.38 Å². The van der Waals surface area contributed by atoms with E-state index in [2.05, 4.69) is 9.73 Å². The van der Waals surface area contributed by atoms with Crippen LogP contribution in [0.3, 0.4) is 0 Å². The first-order valence-electron chi connectivity index (χ1n) is 8.47. The van der Waals surface area contributed by atoms with E-state index in [1.165, 1.54) is 30.1 Å². The molecule has 2 aromatic rings. The molecule has 29 heavy (non-hydrogen) atoms. The molecule has 2 aromatic carbocycles. The van der Waals surface area contributed by atoms with Gasteiger partial charge in [0.05, 0.1) is 5.02 Å². The van der Waals surface area contributed by atoms with Gasteiger partial charge < -0.3 is 15.2 Å². The van der Waals surface area contributed by atoms with Crippen molar-refractivity contribution in [2.24, 2.45) is 10.7 Å². The number of ether oxygens (including phenoxy) is 2. The molecule has 0 saturated carbocycles. The number of carbonyl (C=O) groups excluding carboxylic acids is 1. The number of guanidine groups is 1. The van der Waals surface area contributed by atoms with Crippen molar-refractivity contribution >= 4 is 23.5 Å². The average Bonchev–Trinajstić information content (AvgIpc) is 2.93. The predicted molar refractivity (Wildman–Crippen MR) is 101 cm³/mol. The third kappa shape index (κ3) is 3.82. The monoisotopic (exact) mass is 427 g/mol. The molecule has 0 saturated heterocycles. The molecule has 154 valence electrons. The molecule has 1 atom stereocenters. The molecule has 0 fully saturated rings. The number of hydrogen-bond acceptors (Lipinski definition) is 5. The van der Waals surface area contributed by atoms with Gasteiger partial charge in [-0.2, -0.15) is 8.78 Å². The number of nitrogens with zero attached hydrogens (tertiary/aromatic N) is 2. The number of carbonyl (C=O) groups is 1.